The first kappa shape index (κ1) is 19.0. The number of aryl methyl sites for hydroxylation is 2. The van der Waals surface area contributed by atoms with Crippen molar-refractivity contribution in [3.63, 3.8) is 0 Å². The number of pyridine rings is 2. The predicted molar refractivity (Wildman–Crippen MR) is 109 cm³/mol. The predicted octanol–water partition coefficient (Wildman–Crippen LogP) is 2.03. The van der Waals surface area contributed by atoms with Crippen LogP contribution in [0.3, 0.4) is 0 Å². The molecule has 3 aromatic rings. The average Bonchev–Trinajstić information content (AvgIpc) is 3.25. The zero-order valence-electron chi connectivity index (χ0n) is 17.0. The maximum Gasteiger partial charge on any atom is 0.272 e. The Balaban J connectivity index is 1.25. The molecular formula is C22H24N4O4. The van der Waals surface area contributed by atoms with Crippen LogP contribution in [0.2, 0.25) is 0 Å². The Bertz CT molecular complexity index is 1050. The van der Waals surface area contributed by atoms with E-state index in [-0.39, 0.29) is 24.2 Å². The largest absolute Gasteiger partial charge is 0.484 e. The van der Waals surface area contributed by atoms with Crippen LogP contribution in [0.15, 0.2) is 42.7 Å². The monoisotopic (exact) mass is 408 g/mol. The van der Waals surface area contributed by atoms with Crippen LogP contribution in [0.25, 0.3) is 5.65 Å². The first-order chi connectivity index (χ1) is 14.6. The van der Waals surface area contributed by atoms with Crippen molar-refractivity contribution in [3.8, 4) is 5.75 Å². The second kappa shape index (κ2) is 7.70. The highest BCUT2D eigenvalue weighted by Crippen LogP contribution is 2.24. The fraction of sp³-hybridized carbons (Fsp3) is 0.409. The van der Waals surface area contributed by atoms with Gasteiger partial charge in [0.1, 0.15) is 35.4 Å². The van der Waals surface area contributed by atoms with Gasteiger partial charge >= 0.3 is 0 Å². The maximum absolute atomic E-state index is 13.2. The Morgan fingerprint density at radius 1 is 1.10 bits per heavy atom. The highest BCUT2D eigenvalue weighted by molar-refractivity contribution is 5.95. The molecule has 0 aromatic carbocycles. The van der Waals surface area contributed by atoms with Gasteiger partial charge in [-0.1, -0.05) is 6.07 Å². The minimum atomic E-state index is -0.203. The van der Waals surface area contributed by atoms with E-state index in [1.165, 1.54) is 0 Å². The molecule has 2 saturated heterocycles. The van der Waals surface area contributed by atoms with Crippen LogP contribution >= 0.6 is 0 Å². The van der Waals surface area contributed by atoms with E-state index in [0.717, 1.165) is 17.0 Å². The number of ether oxygens (including phenoxy) is 3. The van der Waals surface area contributed by atoms with E-state index in [1.807, 2.05) is 54.8 Å². The average molecular weight is 408 g/mol. The number of nitrogens with zero attached hydrogens (tertiary/aromatic N) is 4. The van der Waals surface area contributed by atoms with Gasteiger partial charge in [-0.3, -0.25) is 14.2 Å². The highest BCUT2D eigenvalue weighted by Gasteiger charge is 2.40. The second-order valence-corrected chi connectivity index (χ2v) is 7.80. The number of hydrogen-bond acceptors (Lipinski definition) is 6. The molecule has 5 rings (SSSR count). The summed E-state index contributed by atoms with van der Waals surface area (Å²) in [5, 5.41) is 0. The number of fused-ring (bicyclic) bond motifs is 2. The van der Waals surface area contributed by atoms with Crippen LogP contribution in [-0.4, -0.2) is 69.8 Å². The van der Waals surface area contributed by atoms with Crippen molar-refractivity contribution in [1.29, 1.82) is 0 Å². The van der Waals surface area contributed by atoms with Gasteiger partial charge in [-0.15, -0.1) is 0 Å². The molecule has 2 atom stereocenters. The van der Waals surface area contributed by atoms with Crippen molar-refractivity contribution in [2.45, 2.75) is 32.2 Å². The minimum absolute atomic E-state index is 0.0509. The first-order valence-corrected chi connectivity index (χ1v) is 10.1. The Labute approximate surface area is 174 Å². The first-order valence-electron chi connectivity index (χ1n) is 10.1. The third kappa shape index (κ3) is 3.53. The van der Waals surface area contributed by atoms with E-state index in [1.54, 1.807) is 11.1 Å². The van der Waals surface area contributed by atoms with Crippen LogP contribution in [-0.2, 0) is 9.47 Å². The van der Waals surface area contributed by atoms with E-state index in [4.69, 9.17) is 14.2 Å². The Hall–Kier alpha value is -2.97. The van der Waals surface area contributed by atoms with Crippen LogP contribution in [0, 0.1) is 13.8 Å². The summed E-state index contributed by atoms with van der Waals surface area (Å²) in [5.74, 6) is 0.648. The maximum atomic E-state index is 13.2. The van der Waals surface area contributed by atoms with Crippen molar-refractivity contribution in [2.24, 2.45) is 0 Å². The fourth-order valence-corrected chi connectivity index (χ4v) is 4.05. The molecule has 0 bridgehead atoms. The quantitative estimate of drug-likeness (QED) is 0.660. The zero-order valence-corrected chi connectivity index (χ0v) is 17.0. The van der Waals surface area contributed by atoms with Gasteiger partial charge in [0.05, 0.1) is 25.1 Å². The molecule has 8 nitrogen and oxygen atoms in total. The summed E-state index contributed by atoms with van der Waals surface area (Å²) in [6.45, 7) is 5.59. The summed E-state index contributed by atoms with van der Waals surface area (Å²) in [6, 6.07) is 9.51. The molecule has 0 saturated carbocycles. The third-order valence-electron chi connectivity index (χ3n) is 5.59. The van der Waals surface area contributed by atoms with Gasteiger partial charge in [-0.2, -0.15) is 0 Å². The molecule has 0 aliphatic carbocycles. The molecule has 156 valence electrons. The summed E-state index contributed by atoms with van der Waals surface area (Å²) in [5.41, 5.74) is 3.02. The lowest BCUT2D eigenvalue weighted by Crippen LogP contribution is -2.33. The van der Waals surface area contributed by atoms with Crippen LogP contribution in [0.1, 0.15) is 21.9 Å². The van der Waals surface area contributed by atoms with E-state index < -0.39 is 0 Å². The standard InChI is InChI=1S/C22H24N4O4/c1-14-6-7-16(9-23-14)30-17-12-28-18-10-25(11-19(18)29-13-17)22(27)21-15(2)24-20-5-3-4-8-26(20)21/h3-9,17-19H,10-13H2,1-2H3/t18-,19-/m0/s1. The SMILES string of the molecule is Cc1ccc(OC2CO[C@H]3CN(C(=O)c4c(C)nc5ccccn45)C[C@@H]3OC2)cn1. The molecule has 0 N–H and O–H groups in total. The van der Waals surface area contributed by atoms with Crippen molar-refractivity contribution < 1.29 is 19.0 Å². The number of hydrogen-bond donors (Lipinski definition) is 0. The van der Waals surface area contributed by atoms with Gasteiger partial charge in [0.25, 0.3) is 5.91 Å². The number of aromatic nitrogens is 3. The van der Waals surface area contributed by atoms with Gasteiger partial charge in [0, 0.05) is 25.0 Å². The van der Waals surface area contributed by atoms with Crippen molar-refractivity contribution >= 4 is 11.6 Å². The number of carbonyl (C=O) groups is 1. The van der Waals surface area contributed by atoms with Crippen LogP contribution in [0.4, 0.5) is 0 Å². The van der Waals surface area contributed by atoms with Gasteiger partial charge < -0.3 is 19.1 Å². The lowest BCUT2D eigenvalue weighted by molar-refractivity contribution is -0.00461. The highest BCUT2D eigenvalue weighted by atomic mass is 16.6. The Morgan fingerprint density at radius 2 is 1.87 bits per heavy atom. The molecule has 0 unspecified atom stereocenters. The molecule has 8 heteroatoms. The van der Waals surface area contributed by atoms with Gasteiger partial charge in [0.2, 0.25) is 0 Å². The topological polar surface area (TPSA) is 78.2 Å². The normalized spacial score (nSPS) is 22.1. The molecule has 2 aliphatic heterocycles. The number of likely N-dealkylation sites (tertiary alicyclic amines) is 1. The summed E-state index contributed by atoms with van der Waals surface area (Å²) in [7, 11) is 0. The summed E-state index contributed by atoms with van der Waals surface area (Å²) in [6.07, 6.45) is 3.03. The summed E-state index contributed by atoms with van der Waals surface area (Å²) < 4.78 is 19.9. The molecule has 0 spiro atoms. The number of amides is 1. The molecule has 2 aliphatic rings. The van der Waals surface area contributed by atoms with Gasteiger partial charge in [-0.05, 0) is 38.1 Å². The lowest BCUT2D eigenvalue weighted by atomic mass is 10.3. The van der Waals surface area contributed by atoms with E-state index >= 15 is 0 Å². The molecule has 0 radical (unpaired) electrons. The molecule has 2 fully saturated rings. The number of rotatable bonds is 3. The van der Waals surface area contributed by atoms with E-state index in [9.17, 15) is 4.79 Å². The zero-order chi connectivity index (χ0) is 20.7. The molecule has 5 heterocycles. The van der Waals surface area contributed by atoms with Crippen molar-refractivity contribution in [1.82, 2.24) is 19.3 Å². The van der Waals surface area contributed by atoms with E-state index in [2.05, 4.69) is 9.97 Å². The van der Waals surface area contributed by atoms with E-state index in [0.29, 0.717) is 37.7 Å². The molecular weight excluding hydrogens is 384 g/mol. The van der Waals surface area contributed by atoms with Crippen LogP contribution in [0.5, 0.6) is 5.75 Å². The Morgan fingerprint density at radius 3 is 2.57 bits per heavy atom. The smallest absolute Gasteiger partial charge is 0.272 e. The third-order valence-corrected chi connectivity index (χ3v) is 5.59. The molecule has 1 amide bonds. The second-order valence-electron chi connectivity index (χ2n) is 7.80. The minimum Gasteiger partial charge on any atom is -0.484 e. The van der Waals surface area contributed by atoms with Gasteiger partial charge in [-0.25, -0.2) is 4.98 Å². The molecule has 3 aromatic heterocycles. The number of carbonyl (C=O) groups excluding carboxylic acids is 1. The summed E-state index contributed by atoms with van der Waals surface area (Å²) >= 11 is 0. The fourth-order valence-electron chi connectivity index (χ4n) is 4.05. The lowest BCUT2D eigenvalue weighted by Gasteiger charge is -2.19. The molecule has 30 heavy (non-hydrogen) atoms. The number of imidazole rings is 1. The van der Waals surface area contributed by atoms with Crippen molar-refractivity contribution in [3.05, 3.63) is 59.8 Å². The van der Waals surface area contributed by atoms with Crippen LogP contribution < -0.4 is 4.74 Å². The Kier molecular flexibility index (Phi) is 4.88. The van der Waals surface area contributed by atoms with Gasteiger partial charge in [0.15, 0.2) is 0 Å². The summed E-state index contributed by atoms with van der Waals surface area (Å²) in [4.78, 5) is 23.8. The van der Waals surface area contributed by atoms with Crippen molar-refractivity contribution in [2.75, 3.05) is 26.3 Å².